The van der Waals surface area contributed by atoms with Gasteiger partial charge in [-0.25, -0.2) is 12.8 Å². The van der Waals surface area contributed by atoms with Crippen LogP contribution in [-0.4, -0.2) is 40.6 Å². The first-order valence-electron chi connectivity index (χ1n) is 10.3. The predicted molar refractivity (Wildman–Crippen MR) is 123 cm³/mol. The van der Waals surface area contributed by atoms with E-state index in [9.17, 15) is 17.6 Å². The predicted octanol–water partition coefficient (Wildman–Crippen LogP) is 2.64. The molecule has 4 aromatic rings. The topological polar surface area (TPSA) is 119 Å². The van der Waals surface area contributed by atoms with Crippen LogP contribution in [0.2, 0.25) is 0 Å². The summed E-state index contributed by atoms with van der Waals surface area (Å²) in [7, 11) is -4.31. The van der Waals surface area contributed by atoms with Crippen molar-refractivity contribution in [1.29, 1.82) is 0 Å². The Morgan fingerprint density at radius 1 is 1.03 bits per heavy atom. The quantitative estimate of drug-likeness (QED) is 0.400. The third-order valence-electron chi connectivity index (χ3n) is 5.01. The van der Waals surface area contributed by atoms with E-state index >= 15 is 0 Å². The molecule has 0 aliphatic heterocycles. The highest BCUT2D eigenvalue weighted by atomic mass is 32.2. The molecule has 0 unspecified atom stereocenters. The average Bonchev–Trinajstić information content (AvgIpc) is 3.25. The van der Waals surface area contributed by atoms with Crippen molar-refractivity contribution in [2.24, 2.45) is 0 Å². The third-order valence-corrected chi connectivity index (χ3v) is 6.51. The van der Waals surface area contributed by atoms with E-state index in [1.54, 1.807) is 55.5 Å². The maximum atomic E-state index is 14.2. The first-order valence-corrected chi connectivity index (χ1v) is 11.8. The number of nitrogens with one attached hydrogen (secondary N) is 2. The number of benzene rings is 3. The van der Waals surface area contributed by atoms with Gasteiger partial charge in [0.1, 0.15) is 16.8 Å². The molecule has 1 aromatic heterocycles. The van der Waals surface area contributed by atoms with Crippen molar-refractivity contribution in [3.63, 3.8) is 0 Å². The van der Waals surface area contributed by atoms with Crippen LogP contribution in [0, 0.1) is 12.7 Å². The molecular formula is C23H21FN6O3S. The number of hydrogen-bond acceptors (Lipinski definition) is 6. The summed E-state index contributed by atoms with van der Waals surface area (Å²) in [6.07, 6.45) is 0.0617. The van der Waals surface area contributed by atoms with E-state index in [-0.39, 0.29) is 6.42 Å². The molecule has 9 nitrogen and oxygen atoms in total. The van der Waals surface area contributed by atoms with Crippen molar-refractivity contribution in [3.05, 3.63) is 96.1 Å². The molecule has 2 N–H and O–H groups in total. The van der Waals surface area contributed by atoms with E-state index in [0.717, 1.165) is 17.7 Å². The highest BCUT2D eigenvalue weighted by Crippen LogP contribution is 2.18. The van der Waals surface area contributed by atoms with Crippen LogP contribution < -0.4 is 10.0 Å². The number of rotatable bonds is 8. The number of aromatic nitrogens is 4. The van der Waals surface area contributed by atoms with E-state index in [2.05, 4.69) is 25.6 Å². The number of sulfonamides is 1. The summed E-state index contributed by atoms with van der Waals surface area (Å²) < 4.78 is 43.8. The van der Waals surface area contributed by atoms with Crippen LogP contribution in [0.1, 0.15) is 11.4 Å². The van der Waals surface area contributed by atoms with Crippen LogP contribution >= 0.6 is 0 Å². The molecule has 0 aliphatic carbocycles. The minimum Gasteiger partial charge on any atom is -0.325 e. The molecule has 0 radical (unpaired) electrons. The Kier molecular flexibility index (Phi) is 6.75. The Bertz CT molecular complexity index is 1410. The first kappa shape index (κ1) is 23.2. The second-order valence-corrected chi connectivity index (χ2v) is 9.15. The summed E-state index contributed by atoms with van der Waals surface area (Å²) in [4.78, 5) is 12.7. The first-order chi connectivity index (χ1) is 16.3. The van der Waals surface area contributed by atoms with E-state index in [0.29, 0.717) is 17.2 Å². The Morgan fingerprint density at radius 2 is 1.76 bits per heavy atom. The molecule has 1 heterocycles. The normalized spacial score (nSPS) is 12.3. The van der Waals surface area contributed by atoms with Gasteiger partial charge in [-0.05, 0) is 59.7 Å². The lowest BCUT2D eigenvalue weighted by molar-refractivity contribution is -0.117. The minimum absolute atomic E-state index is 0.0617. The molecule has 174 valence electrons. The highest BCUT2D eigenvalue weighted by Gasteiger charge is 2.28. The monoisotopic (exact) mass is 480 g/mol. The van der Waals surface area contributed by atoms with Gasteiger partial charge in [0.25, 0.3) is 0 Å². The summed E-state index contributed by atoms with van der Waals surface area (Å²) in [6, 6.07) is 19.5. The highest BCUT2D eigenvalue weighted by molar-refractivity contribution is 7.89. The summed E-state index contributed by atoms with van der Waals surface area (Å²) in [5.74, 6) is -0.948. The Balaban J connectivity index is 1.61. The molecule has 0 saturated heterocycles. The fourth-order valence-electron chi connectivity index (χ4n) is 3.37. The van der Waals surface area contributed by atoms with Gasteiger partial charge in [0.05, 0.1) is 5.69 Å². The number of halogens is 1. The molecule has 1 amide bonds. The van der Waals surface area contributed by atoms with E-state index < -0.39 is 32.7 Å². The lowest BCUT2D eigenvalue weighted by Crippen LogP contribution is -2.45. The Labute approximate surface area is 195 Å². The zero-order chi connectivity index (χ0) is 24.1. The molecule has 4 rings (SSSR count). The molecule has 11 heteroatoms. The van der Waals surface area contributed by atoms with Crippen LogP contribution in [0.15, 0.2) is 83.8 Å². The second-order valence-electron chi connectivity index (χ2n) is 7.47. The minimum atomic E-state index is -4.31. The lowest BCUT2D eigenvalue weighted by Gasteiger charge is -2.19. The van der Waals surface area contributed by atoms with Gasteiger partial charge in [-0.3, -0.25) is 4.79 Å². The van der Waals surface area contributed by atoms with Crippen molar-refractivity contribution in [3.8, 4) is 5.69 Å². The maximum absolute atomic E-state index is 14.2. The van der Waals surface area contributed by atoms with Crippen LogP contribution in [0.5, 0.6) is 0 Å². The van der Waals surface area contributed by atoms with Crippen LogP contribution in [0.4, 0.5) is 10.1 Å². The lowest BCUT2D eigenvalue weighted by atomic mass is 10.1. The number of carbonyl (C=O) groups is 1. The zero-order valence-electron chi connectivity index (χ0n) is 18.1. The summed E-state index contributed by atoms with van der Waals surface area (Å²) in [6.45, 7) is 1.73. The number of nitrogens with zero attached hydrogens (tertiary/aromatic N) is 4. The molecule has 0 bridgehead atoms. The van der Waals surface area contributed by atoms with Gasteiger partial charge in [0, 0.05) is 5.69 Å². The van der Waals surface area contributed by atoms with Gasteiger partial charge >= 0.3 is 0 Å². The Morgan fingerprint density at radius 3 is 2.47 bits per heavy atom. The van der Waals surface area contributed by atoms with Gasteiger partial charge in [-0.15, -0.1) is 5.10 Å². The molecule has 3 aromatic carbocycles. The summed E-state index contributed by atoms with van der Waals surface area (Å²) >= 11 is 0. The van der Waals surface area contributed by atoms with Crippen molar-refractivity contribution >= 4 is 21.6 Å². The van der Waals surface area contributed by atoms with Gasteiger partial charge < -0.3 is 5.32 Å². The van der Waals surface area contributed by atoms with Crippen molar-refractivity contribution in [2.45, 2.75) is 24.3 Å². The van der Waals surface area contributed by atoms with Crippen molar-refractivity contribution in [1.82, 2.24) is 24.9 Å². The Hall–Kier alpha value is -3.96. The van der Waals surface area contributed by atoms with Crippen LogP contribution in [-0.2, 0) is 21.2 Å². The number of hydrogen-bond donors (Lipinski definition) is 2. The van der Waals surface area contributed by atoms with Crippen molar-refractivity contribution in [2.75, 3.05) is 5.32 Å². The number of amides is 1. The smallest absolute Gasteiger partial charge is 0.244 e. The van der Waals surface area contributed by atoms with Gasteiger partial charge in [0.15, 0.2) is 5.82 Å². The van der Waals surface area contributed by atoms with Gasteiger partial charge in [0.2, 0.25) is 15.9 Å². The summed E-state index contributed by atoms with van der Waals surface area (Å²) in [5, 5.41) is 14.1. The standard InChI is InChI=1S/C23H21FN6O3S/c1-16-26-28-29-30(16)19-11-7-10-18(15-19)25-23(31)21(14-17-8-3-2-4-9-17)27-34(32,33)22-13-6-5-12-20(22)24/h2-13,15,21,27H,14H2,1H3,(H,25,31)/t21-/m0/s1. The fourth-order valence-corrected chi connectivity index (χ4v) is 4.64. The maximum Gasteiger partial charge on any atom is 0.244 e. The molecule has 1 atom stereocenters. The molecular weight excluding hydrogens is 459 g/mol. The second kappa shape index (κ2) is 9.89. The average molecular weight is 481 g/mol. The largest absolute Gasteiger partial charge is 0.325 e. The van der Waals surface area contributed by atoms with Gasteiger partial charge in [-0.1, -0.05) is 48.5 Å². The van der Waals surface area contributed by atoms with Crippen LogP contribution in [0.3, 0.4) is 0 Å². The van der Waals surface area contributed by atoms with E-state index in [1.165, 1.54) is 16.8 Å². The van der Waals surface area contributed by atoms with E-state index in [4.69, 9.17) is 0 Å². The SMILES string of the molecule is Cc1nnnn1-c1cccc(NC(=O)[C@H](Cc2ccccc2)NS(=O)(=O)c2ccccc2F)c1. The van der Waals surface area contributed by atoms with E-state index in [1.807, 2.05) is 6.07 Å². The zero-order valence-corrected chi connectivity index (χ0v) is 18.9. The molecule has 34 heavy (non-hydrogen) atoms. The third kappa shape index (κ3) is 5.33. The van der Waals surface area contributed by atoms with Crippen molar-refractivity contribution < 1.29 is 17.6 Å². The number of aryl methyl sites for hydroxylation is 1. The van der Waals surface area contributed by atoms with Gasteiger partial charge in [-0.2, -0.15) is 9.40 Å². The number of anilines is 1. The molecule has 0 saturated carbocycles. The summed E-state index contributed by atoms with van der Waals surface area (Å²) in [5.41, 5.74) is 1.77. The molecule has 0 fully saturated rings. The number of tetrazole rings is 1. The van der Waals surface area contributed by atoms with Crippen LogP contribution in [0.25, 0.3) is 5.69 Å². The molecule has 0 aliphatic rings. The molecule has 0 spiro atoms. The fraction of sp³-hybridized carbons (Fsp3) is 0.130. The number of carbonyl (C=O) groups excluding carboxylic acids is 1.